The molecule has 7 nitrogen and oxygen atoms in total. The fraction of sp³-hybridized carbons (Fsp3) is 0.579. The van der Waals surface area contributed by atoms with E-state index in [1.165, 1.54) is 11.2 Å². The molecule has 1 aromatic rings. The predicted octanol–water partition coefficient (Wildman–Crippen LogP) is 1.34. The highest BCUT2D eigenvalue weighted by Gasteiger charge is 2.30. The van der Waals surface area contributed by atoms with Crippen molar-refractivity contribution in [2.24, 2.45) is 0 Å². The zero-order valence-corrected chi connectivity index (χ0v) is 17.3. The largest absolute Gasteiger partial charge is 0.356 e. The van der Waals surface area contributed by atoms with Gasteiger partial charge in [-0.2, -0.15) is 4.31 Å². The number of nitrogens with one attached hydrogen (secondary N) is 1. The van der Waals surface area contributed by atoms with Crippen LogP contribution in [0.3, 0.4) is 0 Å². The third kappa shape index (κ3) is 5.52. The maximum Gasteiger partial charge on any atom is 0.243 e. The maximum absolute atomic E-state index is 12.8. The number of amides is 2. The summed E-state index contributed by atoms with van der Waals surface area (Å²) >= 11 is 0. The average Bonchev–Trinajstić information content (AvgIpc) is 2.61. The van der Waals surface area contributed by atoms with Crippen molar-refractivity contribution < 1.29 is 18.0 Å². The fourth-order valence-electron chi connectivity index (χ4n) is 2.96. The van der Waals surface area contributed by atoms with E-state index >= 15 is 0 Å². The minimum absolute atomic E-state index is 0.0362. The zero-order chi connectivity index (χ0) is 20.2. The van der Waals surface area contributed by atoms with Gasteiger partial charge in [-0.3, -0.25) is 9.59 Å². The van der Waals surface area contributed by atoms with E-state index in [1.807, 2.05) is 12.1 Å². The molecule has 150 valence electrons. The van der Waals surface area contributed by atoms with Gasteiger partial charge in [0.1, 0.15) is 0 Å². The quantitative estimate of drug-likeness (QED) is 0.815. The van der Waals surface area contributed by atoms with Crippen LogP contribution >= 0.6 is 0 Å². The molecular weight excluding hydrogens is 366 g/mol. The Bertz CT molecular complexity index is 774. The van der Waals surface area contributed by atoms with E-state index in [9.17, 15) is 18.0 Å². The number of rotatable bonds is 5. The molecule has 27 heavy (non-hydrogen) atoms. The molecule has 1 N–H and O–H groups in total. The Labute approximate surface area is 161 Å². The standard InChI is InChI=1S/C19H29N3O4S/c1-15(23)20-10-9-18(24)21-11-13-22(14-12-21)27(25,26)17-7-5-16(6-8-17)19(2,3)4/h5-8H,9-14H2,1-4H3,(H,20,23). The first-order chi connectivity index (χ1) is 12.5. The third-order valence-electron chi connectivity index (χ3n) is 4.66. The van der Waals surface area contributed by atoms with Crippen molar-refractivity contribution in [3.05, 3.63) is 29.8 Å². The number of hydrogen-bond acceptors (Lipinski definition) is 4. The summed E-state index contributed by atoms with van der Waals surface area (Å²) in [5.74, 6) is -0.244. The van der Waals surface area contributed by atoms with E-state index in [4.69, 9.17) is 0 Å². The number of benzene rings is 1. The van der Waals surface area contributed by atoms with Crippen molar-refractivity contribution in [2.75, 3.05) is 32.7 Å². The van der Waals surface area contributed by atoms with Crippen LogP contribution in [-0.4, -0.2) is 62.2 Å². The van der Waals surface area contributed by atoms with Crippen LogP contribution in [0.25, 0.3) is 0 Å². The SMILES string of the molecule is CC(=O)NCCC(=O)N1CCN(S(=O)(=O)c2ccc(C(C)(C)C)cc2)CC1. The molecule has 2 amide bonds. The van der Waals surface area contributed by atoms with Gasteiger partial charge in [-0.05, 0) is 23.1 Å². The first-order valence-electron chi connectivity index (χ1n) is 9.15. The van der Waals surface area contributed by atoms with Gasteiger partial charge in [0.25, 0.3) is 0 Å². The van der Waals surface area contributed by atoms with Crippen LogP contribution < -0.4 is 5.32 Å². The molecular formula is C19H29N3O4S. The summed E-state index contributed by atoms with van der Waals surface area (Å²) in [5.41, 5.74) is 1.04. The van der Waals surface area contributed by atoms with Gasteiger partial charge >= 0.3 is 0 Å². The van der Waals surface area contributed by atoms with Crippen LogP contribution in [0.15, 0.2) is 29.2 Å². The molecule has 1 aliphatic rings. The summed E-state index contributed by atoms with van der Waals surface area (Å²) in [6.45, 7) is 9.21. The van der Waals surface area contributed by atoms with Crippen LogP contribution in [0, 0.1) is 0 Å². The van der Waals surface area contributed by atoms with E-state index < -0.39 is 10.0 Å². The highest BCUT2D eigenvalue weighted by Crippen LogP contribution is 2.25. The van der Waals surface area contributed by atoms with Gasteiger partial charge in [0.2, 0.25) is 21.8 Å². The lowest BCUT2D eigenvalue weighted by Gasteiger charge is -2.34. The topological polar surface area (TPSA) is 86.8 Å². The number of hydrogen-bond donors (Lipinski definition) is 1. The van der Waals surface area contributed by atoms with Crippen LogP contribution in [0.5, 0.6) is 0 Å². The van der Waals surface area contributed by atoms with Gasteiger partial charge in [-0.1, -0.05) is 32.9 Å². The van der Waals surface area contributed by atoms with Crippen molar-refractivity contribution in [3.63, 3.8) is 0 Å². The minimum atomic E-state index is -3.56. The third-order valence-corrected chi connectivity index (χ3v) is 6.58. The summed E-state index contributed by atoms with van der Waals surface area (Å²) in [4.78, 5) is 24.9. The molecule has 1 fully saturated rings. The number of carbonyl (C=O) groups is 2. The Morgan fingerprint density at radius 1 is 1.04 bits per heavy atom. The van der Waals surface area contributed by atoms with E-state index in [2.05, 4.69) is 26.1 Å². The molecule has 1 aromatic carbocycles. The van der Waals surface area contributed by atoms with Gasteiger partial charge in [-0.25, -0.2) is 8.42 Å². The molecule has 0 radical (unpaired) electrons. The average molecular weight is 396 g/mol. The fourth-order valence-corrected chi connectivity index (χ4v) is 4.38. The summed E-state index contributed by atoms with van der Waals surface area (Å²) in [6.07, 6.45) is 0.223. The summed E-state index contributed by atoms with van der Waals surface area (Å²) < 4.78 is 27.1. The van der Waals surface area contributed by atoms with Gasteiger partial charge in [0.15, 0.2) is 0 Å². The van der Waals surface area contributed by atoms with Crippen molar-refractivity contribution in [1.82, 2.24) is 14.5 Å². The summed E-state index contributed by atoms with van der Waals surface area (Å²) in [7, 11) is -3.56. The van der Waals surface area contributed by atoms with Crippen LogP contribution in [0.1, 0.15) is 39.7 Å². The van der Waals surface area contributed by atoms with Gasteiger partial charge in [0, 0.05) is 46.1 Å². The molecule has 0 unspecified atom stereocenters. The number of nitrogens with zero attached hydrogens (tertiary/aromatic N) is 2. The van der Waals surface area contributed by atoms with Gasteiger partial charge < -0.3 is 10.2 Å². The lowest BCUT2D eigenvalue weighted by atomic mass is 9.87. The lowest BCUT2D eigenvalue weighted by Crippen LogP contribution is -2.50. The van der Waals surface area contributed by atoms with Crippen LogP contribution in [-0.2, 0) is 25.0 Å². The van der Waals surface area contributed by atoms with Crippen LogP contribution in [0.2, 0.25) is 0 Å². The highest BCUT2D eigenvalue weighted by molar-refractivity contribution is 7.89. The Morgan fingerprint density at radius 3 is 2.07 bits per heavy atom. The molecule has 1 saturated heterocycles. The molecule has 0 atom stereocenters. The predicted molar refractivity (Wildman–Crippen MR) is 104 cm³/mol. The van der Waals surface area contributed by atoms with E-state index in [1.54, 1.807) is 17.0 Å². The van der Waals surface area contributed by atoms with E-state index in [0.717, 1.165) is 5.56 Å². The molecule has 0 bridgehead atoms. The minimum Gasteiger partial charge on any atom is -0.356 e. The second-order valence-electron chi connectivity index (χ2n) is 7.79. The van der Waals surface area contributed by atoms with E-state index in [-0.39, 0.29) is 41.6 Å². The van der Waals surface area contributed by atoms with Crippen molar-refractivity contribution in [3.8, 4) is 0 Å². The first kappa shape index (κ1) is 21.4. The van der Waals surface area contributed by atoms with E-state index in [0.29, 0.717) is 19.6 Å². The molecule has 0 aliphatic carbocycles. The molecule has 2 rings (SSSR count). The van der Waals surface area contributed by atoms with Crippen molar-refractivity contribution in [2.45, 2.75) is 44.4 Å². The zero-order valence-electron chi connectivity index (χ0n) is 16.5. The Balaban J connectivity index is 1.96. The molecule has 0 spiro atoms. The molecule has 8 heteroatoms. The second kappa shape index (κ2) is 8.39. The Hall–Kier alpha value is -1.93. The first-order valence-corrected chi connectivity index (χ1v) is 10.6. The van der Waals surface area contributed by atoms with Crippen molar-refractivity contribution >= 4 is 21.8 Å². The monoisotopic (exact) mass is 395 g/mol. The molecule has 1 aliphatic heterocycles. The number of carbonyl (C=O) groups excluding carboxylic acids is 2. The summed E-state index contributed by atoms with van der Waals surface area (Å²) in [5, 5.41) is 2.59. The maximum atomic E-state index is 12.8. The highest BCUT2D eigenvalue weighted by atomic mass is 32.2. The second-order valence-corrected chi connectivity index (χ2v) is 9.73. The lowest BCUT2D eigenvalue weighted by molar-refractivity contribution is -0.132. The number of piperazine rings is 1. The summed E-state index contributed by atoms with van der Waals surface area (Å²) in [6, 6.07) is 7.02. The Morgan fingerprint density at radius 2 is 1.59 bits per heavy atom. The van der Waals surface area contributed by atoms with Crippen molar-refractivity contribution in [1.29, 1.82) is 0 Å². The normalized spacial score (nSPS) is 16.2. The number of sulfonamides is 1. The van der Waals surface area contributed by atoms with Gasteiger partial charge in [-0.15, -0.1) is 0 Å². The Kier molecular flexibility index (Phi) is 6.64. The smallest absolute Gasteiger partial charge is 0.243 e. The molecule has 1 heterocycles. The molecule has 0 saturated carbocycles. The van der Waals surface area contributed by atoms with Gasteiger partial charge in [0.05, 0.1) is 4.90 Å². The van der Waals surface area contributed by atoms with Crippen LogP contribution in [0.4, 0.5) is 0 Å². The molecule has 0 aromatic heterocycles.